The van der Waals surface area contributed by atoms with Gasteiger partial charge in [-0.1, -0.05) is 62.5 Å². The summed E-state index contributed by atoms with van der Waals surface area (Å²) in [5, 5.41) is 1.43. The Bertz CT molecular complexity index is 453. The third kappa shape index (κ3) is 2.48. The third-order valence-electron chi connectivity index (χ3n) is 4.54. The van der Waals surface area contributed by atoms with Crippen LogP contribution in [0, 0.1) is 11.8 Å². The molecule has 1 heterocycles. The van der Waals surface area contributed by atoms with Gasteiger partial charge >= 0.3 is 5.97 Å². The Morgan fingerprint density at radius 2 is 1.74 bits per heavy atom. The van der Waals surface area contributed by atoms with Crippen LogP contribution >= 0.6 is 0 Å². The van der Waals surface area contributed by atoms with E-state index in [0.717, 1.165) is 0 Å². The molecule has 3 atom stereocenters. The maximum absolute atomic E-state index is 11.9. The molecule has 2 nitrogen and oxygen atoms in total. The van der Waals surface area contributed by atoms with Crippen molar-refractivity contribution in [2.24, 2.45) is 11.8 Å². The molecule has 0 saturated carbocycles. The van der Waals surface area contributed by atoms with Crippen molar-refractivity contribution >= 4 is 19.2 Å². The van der Waals surface area contributed by atoms with Crippen LogP contribution in [0.4, 0.5) is 0 Å². The SMILES string of the molecule is CC(C)[C@H]([C@@H]1C(=O)O[C@@H]1C)[Si](C)(C)c1ccccc1. The van der Waals surface area contributed by atoms with Crippen LogP contribution in [0.2, 0.25) is 18.6 Å². The van der Waals surface area contributed by atoms with Crippen molar-refractivity contribution in [3.63, 3.8) is 0 Å². The van der Waals surface area contributed by atoms with Crippen molar-refractivity contribution in [3.8, 4) is 0 Å². The fourth-order valence-electron chi connectivity index (χ4n) is 3.65. The maximum Gasteiger partial charge on any atom is 0.313 e. The van der Waals surface area contributed by atoms with Gasteiger partial charge in [-0.05, 0) is 18.4 Å². The van der Waals surface area contributed by atoms with Crippen LogP contribution in [0.5, 0.6) is 0 Å². The molecule has 1 aliphatic heterocycles. The van der Waals surface area contributed by atoms with Gasteiger partial charge in [0.2, 0.25) is 0 Å². The first kappa shape index (κ1) is 14.3. The van der Waals surface area contributed by atoms with Crippen molar-refractivity contribution in [3.05, 3.63) is 30.3 Å². The largest absolute Gasteiger partial charge is 0.461 e. The maximum atomic E-state index is 11.9. The Hall–Kier alpha value is -1.09. The zero-order valence-electron chi connectivity index (χ0n) is 12.5. The van der Waals surface area contributed by atoms with Crippen LogP contribution in [0.15, 0.2) is 30.3 Å². The molecule has 1 aromatic rings. The van der Waals surface area contributed by atoms with Crippen molar-refractivity contribution in [2.75, 3.05) is 0 Å². The predicted octanol–water partition coefficient (Wildman–Crippen LogP) is 3.19. The normalized spacial score (nSPS) is 24.8. The fraction of sp³-hybridized carbons (Fsp3) is 0.562. The highest BCUT2D eigenvalue weighted by Gasteiger charge is 2.52. The van der Waals surface area contributed by atoms with Crippen LogP contribution in [-0.2, 0) is 9.53 Å². The molecule has 2 rings (SSSR count). The fourth-order valence-corrected chi connectivity index (χ4v) is 8.06. The molecule has 1 saturated heterocycles. The van der Waals surface area contributed by atoms with Crippen LogP contribution < -0.4 is 5.19 Å². The third-order valence-corrected chi connectivity index (χ3v) is 9.05. The highest BCUT2D eigenvalue weighted by Crippen LogP contribution is 2.44. The van der Waals surface area contributed by atoms with Gasteiger partial charge in [0.05, 0.1) is 14.0 Å². The quantitative estimate of drug-likeness (QED) is 0.623. The highest BCUT2D eigenvalue weighted by molar-refractivity contribution is 6.91. The summed E-state index contributed by atoms with van der Waals surface area (Å²) in [6, 6.07) is 10.7. The van der Waals surface area contributed by atoms with Crippen LogP contribution in [0.3, 0.4) is 0 Å². The second kappa shape index (κ2) is 5.12. The van der Waals surface area contributed by atoms with Gasteiger partial charge in [-0.2, -0.15) is 0 Å². The molecule has 0 amide bonds. The highest BCUT2D eigenvalue weighted by atomic mass is 28.3. The van der Waals surface area contributed by atoms with E-state index in [1.807, 2.05) is 6.92 Å². The predicted molar refractivity (Wildman–Crippen MR) is 81.2 cm³/mol. The summed E-state index contributed by atoms with van der Waals surface area (Å²) in [6.07, 6.45) is 0.0791. The van der Waals surface area contributed by atoms with E-state index in [1.54, 1.807) is 0 Å². The minimum atomic E-state index is -1.69. The lowest BCUT2D eigenvalue weighted by molar-refractivity contribution is -0.183. The van der Waals surface area contributed by atoms with Crippen molar-refractivity contribution in [2.45, 2.75) is 45.5 Å². The second-order valence-electron chi connectivity index (χ2n) is 6.53. The van der Waals surface area contributed by atoms with Gasteiger partial charge in [0.15, 0.2) is 0 Å². The summed E-state index contributed by atoms with van der Waals surface area (Å²) in [5.74, 6) is 0.590. The molecule has 19 heavy (non-hydrogen) atoms. The number of carbonyl (C=O) groups excluding carboxylic acids is 1. The molecule has 1 aliphatic rings. The molecule has 104 valence electrons. The van der Waals surface area contributed by atoms with Crippen LogP contribution in [0.1, 0.15) is 20.8 Å². The van der Waals surface area contributed by atoms with Gasteiger partial charge in [-0.25, -0.2) is 0 Å². The summed E-state index contributed by atoms with van der Waals surface area (Å²) in [5.41, 5.74) is 0.436. The van der Waals surface area contributed by atoms with E-state index in [4.69, 9.17) is 4.74 Å². The van der Waals surface area contributed by atoms with Gasteiger partial charge in [-0.15, -0.1) is 0 Å². The summed E-state index contributed by atoms with van der Waals surface area (Å²) in [4.78, 5) is 11.9. The Balaban J connectivity index is 2.36. The van der Waals surface area contributed by atoms with E-state index in [-0.39, 0.29) is 18.0 Å². The molecule has 0 aromatic heterocycles. The Morgan fingerprint density at radius 1 is 1.16 bits per heavy atom. The molecule has 0 bridgehead atoms. The van der Waals surface area contributed by atoms with E-state index >= 15 is 0 Å². The van der Waals surface area contributed by atoms with Gasteiger partial charge in [0, 0.05) is 0 Å². The van der Waals surface area contributed by atoms with Gasteiger partial charge in [-0.3, -0.25) is 4.79 Å². The molecular formula is C16H24O2Si. The van der Waals surface area contributed by atoms with Crippen LogP contribution in [-0.4, -0.2) is 20.1 Å². The second-order valence-corrected chi connectivity index (χ2v) is 11.2. The van der Waals surface area contributed by atoms with Crippen molar-refractivity contribution in [1.29, 1.82) is 0 Å². The average molecular weight is 276 g/mol. The lowest BCUT2D eigenvalue weighted by Gasteiger charge is -2.46. The van der Waals surface area contributed by atoms with E-state index in [9.17, 15) is 4.79 Å². The molecule has 0 unspecified atom stereocenters. The number of hydrogen-bond donors (Lipinski definition) is 0. The molecule has 0 radical (unpaired) electrons. The topological polar surface area (TPSA) is 26.3 Å². The standard InChI is InChI=1S/C16H24O2Si/c1-11(2)15(14-12(3)18-16(14)17)19(4,5)13-9-7-6-8-10-13/h6-12,14-15H,1-5H3/t12-,14-,15-/m1/s1. The molecular weight excluding hydrogens is 252 g/mol. The van der Waals surface area contributed by atoms with Crippen LogP contribution in [0.25, 0.3) is 0 Å². The number of carbonyl (C=O) groups is 1. The molecule has 3 heteroatoms. The minimum Gasteiger partial charge on any atom is -0.461 e. The van der Waals surface area contributed by atoms with Gasteiger partial charge in [0.25, 0.3) is 0 Å². The number of ether oxygens (including phenoxy) is 1. The summed E-state index contributed by atoms with van der Waals surface area (Å²) >= 11 is 0. The first-order valence-electron chi connectivity index (χ1n) is 7.11. The molecule has 1 fully saturated rings. The van der Waals surface area contributed by atoms with E-state index < -0.39 is 8.07 Å². The number of cyclic esters (lactones) is 1. The number of esters is 1. The van der Waals surface area contributed by atoms with Crippen molar-refractivity contribution < 1.29 is 9.53 Å². The smallest absolute Gasteiger partial charge is 0.313 e. The Labute approximate surface area is 117 Å². The number of hydrogen-bond acceptors (Lipinski definition) is 2. The summed E-state index contributed by atoms with van der Waals surface area (Å²) < 4.78 is 5.20. The lowest BCUT2D eigenvalue weighted by atomic mass is 9.88. The Morgan fingerprint density at radius 3 is 2.16 bits per heavy atom. The van der Waals surface area contributed by atoms with Gasteiger partial charge in [0.1, 0.15) is 6.10 Å². The molecule has 1 aromatic carbocycles. The monoisotopic (exact) mass is 276 g/mol. The zero-order chi connectivity index (χ0) is 14.2. The zero-order valence-corrected chi connectivity index (χ0v) is 13.5. The number of benzene rings is 1. The molecule has 0 N–H and O–H groups in total. The minimum absolute atomic E-state index is 0.00251. The Kier molecular flexibility index (Phi) is 3.86. The number of rotatable bonds is 4. The first-order chi connectivity index (χ1) is 8.85. The summed E-state index contributed by atoms with van der Waals surface area (Å²) in [7, 11) is -1.69. The van der Waals surface area contributed by atoms with E-state index in [0.29, 0.717) is 11.5 Å². The van der Waals surface area contributed by atoms with E-state index in [2.05, 4.69) is 57.3 Å². The summed E-state index contributed by atoms with van der Waals surface area (Å²) in [6.45, 7) is 11.3. The average Bonchev–Trinajstić information content (AvgIpc) is 2.36. The van der Waals surface area contributed by atoms with E-state index in [1.165, 1.54) is 5.19 Å². The lowest BCUT2D eigenvalue weighted by Crippen LogP contribution is -2.58. The first-order valence-corrected chi connectivity index (χ1v) is 10.2. The molecule has 0 aliphatic carbocycles. The van der Waals surface area contributed by atoms with Crippen molar-refractivity contribution in [1.82, 2.24) is 0 Å². The molecule has 0 spiro atoms. The van der Waals surface area contributed by atoms with Gasteiger partial charge < -0.3 is 4.74 Å².